The summed E-state index contributed by atoms with van der Waals surface area (Å²) in [5, 5.41) is 3.00. The molecule has 1 rings (SSSR count). The predicted molar refractivity (Wildman–Crippen MR) is 67.0 cm³/mol. The number of nitrogens with one attached hydrogen (secondary N) is 1. The highest BCUT2D eigenvalue weighted by molar-refractivity contribution is 5.76. The van der Waals surface area contributed by atoms with Crippen molar-refractivity contribution in [1.29, 1.82) is 0 Å². The molecule has 0 aromatic rings. The molecule has 16 heavy (non-hydrogen) atoms. The van der Waals surface area contributed by atoms with Gasteiger partial charge in [-0.3, -0.25) is 4.79 Å². The summed E-state index contributed by atoms with van der Waals surface area (Å²) >= 11 is 0. The highest BCUT2D eigenvalue weighted by Gasteiger charge is 2.37. The van der Waals surface area contributed by atoms with Gasteiger partial charge in [0.15, 0.2) is 0 Å². The van der Waals surface area contributed by atoms with E-state index in [0.717, 1.165) is 25.8 Å². The van der Waals surface area contributed by atoms with Gasteiger partial charge in [0.1, 0.15) is 0 Å². The molecule has 94 valence electrons. The van der Waals surface area contributed by atoms with Crippen molar-refractivity contribution in [3.63, 3.8) is 0 Å². The Labute approximate surface area is 99.2 Å². The van der Waals surface area contributed by atoms with Gasteiger partial charge in [-0.25, -0.2) is 0 Å². The third-order valence-electron chi connectivity index (χ3n) is 3.58. The van der Waals surface area contributed by atoms with Crippen molar-refractivity contribution in [2.75, 3.05) is 13.1 Å². The van der Waals surface area contributed by atoms with Crippen molar-refractivity contribution in [1.82, 2.24) is 5.32 Å². The molecule has 1 amide bonds. The Morgan fingerprint density at radius 2 is 2.00 bits per heavy atom. The summed E-state index contributed by atoms with van der Waals surface area (Å²) in [5.41, 5.74) is 6.15. The lowest BCUT2D eigenvalue weighted by Crippen LogP contribution is -2.42. The fourth-order valence-corrected chi connectivity index (χ4v) is 2.11. The van der Waals surface area contributed by atoms with Crippen LogP contribution in [0.2, 0.25) is 0 Å². The molecule has 0 heterocycles. The first kappa shape index (κ1) is 13.5. The van der Waals surface area contributed by atoms with Crippen molar-refractivity contribution in [2.24, 2.45) is 16.6 Å². The lowest BCUT2D eigenvalue weighted by molar-refractivity contribution is -0.124. The van der Waals surface area contributed by atoms with Crippen LogP contribution in [0.25, 0.3) is 0 Å². The second-order valence-electron chi connectivity index (χ2n) is 6.40. The van der Waals surface area contributed by atoms with Crippen LogP contribution in [0.3, 0.4) is 0 Å². The Kier molecular flexibility index (Phi) is 4.36. The van der Waals surface area contributed by atoms with E-state index in [-0.39, 0.29) is 16.7 Å². The number of rotatable bonds is 5. The van der Waals surface area contributed by atoms with Crippen molar-refractivity contribution < 1.29 is 4.79 Å². The Morgan fingerprint density at radius 3 is 2.38 bits per heavy atom. The zero-order chi connectivity index (χ0) is 12.2. The number of hydrogen-bond acceptors (Lipinski definition) is 2. The van der Waals surface area contributed by atoms with Crippen LogP contribution in [0.1, 0.15) is 52.9 Å². The number of hydrogen-bond donors (Lipinski definition) is 2. The molecule has 1 aliphatic rings. The van der Waals surface area contributed by atoms with E-state index >= 15 is 0 Å². The highest BCUT2D eigenvalue weighted by Crippen LogP contribution is 2.42. The van der Waals surface area contributed by atoms with Crippen LogP contribution in [0.15, 0.2) is 0 Å². The van der Waals surface area contributed by atoms with E-state index in [2.05, 4.69) is 26.1 Å². The van der Waals surface area contributed by atoms with Crippen LogP contribution in [-0.2, 0) is 4.79 Å². The van der Waals surface area contributed by atoms with Crippen LogP contribution in [0.4, 0.5) is 0 Å². The van der Waals surface area contributed by atoms with Crippen LogP contribution in [0.5, 0.6) is 0 Å². The Morgan fingerprint density at radius 1 is 1.38 bits per heavy atom. The van der Waals surface area contributed by atoms with E-state index in [1.807, 2.05) is 0 Å². The van der Waals surface area contributed by atoms with Gasteiger partial charge in [-0.1, -0.05) is 27.2 Å². The first-order valence-electron chi connectivity index (χ1n) is 6.34. The topological polar surface area (TPSA) is 55.1 Å². The van der Waals surface area contributed by atoms with E-state index in [9.17, 15) is 4.79 Å². The molecule has 0 saturated heterocycles. The Bertz CT molecular complexity index is 233. The molecule has 0 unspecified atom stereocenters. The average molecular weight is 226 g/mol. The van der Waals surface area contributed by atoms with E-state index in [1.54, 1.807) is 0 Å². The van der Waals surface area contributed by atoms with Crippen LogP contribution in [0, 0.1) is 10.8 Å². The lowest BCUT2D eigenvalue weighted by atomic mass is 9.66. The van der Waals surface area contributed by atoms with Gasteiger partial charge in [-0.05, 0) is 36.6 Å². The van der Waals surface area contributed by atoms with Crippen molar-refractivity contribution in [3.05, 3.63) is 0 Å². The van der Waals surface area contributed by atoms with Crippen LogP contribution < -0.4 is 11.1 Å². The van der Waals surface area contributed by atoms with Crippen molar-refractivity contribution in [3.8, 4) is 0 Å². The zero-order valence-electron chi connectivity index (χ0n) is 10.9. The maximum absolute atomic E-state index is 11.7. The third-order valence-corrected chi connectivity index (χ3v) is 3.58. The summed E-state index contributed by atoms with van der Waals surface area (Å²) in [6.45, 7) is 7.99. The fourth-order valence-electron chi connectivity index (χ4n) is 2.11. The summed E-state index contributed by atoms with van der Waals surface area (Å²) in [4.78, 5) is 11.7. The van der Waals surface area contributed by atoms with Crippen molar-refractivity contribution in [2.45, 2.75) is 52.9 Å². The first-order chi connectivity index (χ1) is 7.37. The maximum atomic E-state index is 11.7. The quantitative estimate of drug-likeness (QED) is 0.754. The Hall–Kier alpha value is -0.570. The number of amides is 1. The molecule has 0 bridgehead atoms. The normalized spacial score (nSPS) is 19.0. The molecule has 0 aromatic heterocycles. The fraction of sp³-hybridized carbons (Fsp3) is 0.923. The van der Waals surface area contributed by atoms with E-state index in [1.165, 1.54) is 6.42 Å². The second-order valence-corrected chi connectivity index (χ2v) is 6.40. The molecule has 1 aliphatic carbocycles. The van der Waals surface area contributed by atoms with Gasteiger partial charge in [-0.2, -0.15) is 0 Å². The molecular weight excluding hydrogens is 200 g/mol. The smallest absolute Gasteiger partial charge is 0.220 e. The van der Waals surface area contributed by atoms with Gasteiger partial charge in [0, 0.05) is 13.0 Å². The molecule has 0 aliphatic heterocycles. The first-order valence-corrected chi connectivity index (χ1v) is 6.34. The molecule has 0 atom stereocenters. The average Bonchev–Trinajstić information content (AvgIpc) is 2.09. The SMILES string of the molecule is CC(C)(C)CCNC(=O)CC1(CN)CCC1. The molecule has 3 heteroatoms. The summed E-state index contributed by atoms with van der Waals surface area (Å²) in [6, 6.07) is 0. The second kappa shape index (κ2) is 5.17. The lowest BCUT2D eigenvalue weighted by Gasteiger charge is -2.40. The predicted octanol–water partition coefficient (Wildman–Crippen LogP) is 2.06. The maximum Gasteiger partial charge on any atom is 0.220 e. The van der Waals surface area contributed by atoms with Crippen molar-refractivity contribution >= 4 is 5.91 Å². The molecule has 3 N–H and O–H groups in total. The molecule has 1 fully saturated rings. The minimum atomic E-state index is 0.131. The number of nitrogens with two attached hydrogens (primary N) is 1. The third kappa shape index (κ3) is 4.12. The summed E-state index contributed by atoms with van der Waals surface area (Å²) in [7, 11) is 0. The minimum absolute atomic E-state index is 0.131. The zero-order valence-corrected chi connectivity index (χ0v) is 10.9. The van der Waals surface area contributed by atoms with Gasteiger partial charge >= 0.3 is 0 Å². The summed E-state index contributed by atoms with van der Waals surface area (Å²) in [6.07, 6.45) is 5.11. The van der Waals surface area contributed by atoms with Gasteiger partial charge in [0.2, 0.25) is 5.91 Å². The van der Waals surface area contributed by atoms with Gasteiger partial charge in [0.05, 0.1) is 0 Å². The van der Waals surface area contributed by atoms with E-state index < -0.39 is 0 Å². The molecule has 1 saturated carbocycles. The molecular formula is C13H26N2O. The van der Waals surface area contributed by atoms with Gasteiger partial charge in [0.25, 0.3) is 0 Å². The van der Waals surface area contributed by atoms with Gasteiger partial charge in [-0.15, -0.1) is 0 Å². The minimum Gasteiger partial charge on any atom is -0.356 e. The standard InChI is InChI=1S/C13H26N2O/c1-12(2,3)7-8-15-11(16)9-13(10-14)5-4-6-13/h4-10,14H2,1-3H3,(H,15,16). The molecule has 0 aromatic carbocycles. The monoisotopic (exact) mass is 226 g/mol. The van der Waals surface area contributed by atoms with E-state index in [0.29, 0.717) is 13.0 Å². The number of carbonyl (C=O) groups is 1. The summed E-state index contributed by atoms with van der Waals surface area (Å²) in [5.74, 6) is 0.175. The van der Waals surface area contributed by atoms with Gasteiger partial charge < -0.3 is 11.1 Å². The molecule has 3 nitrogen and oxygen atoms in total. The van der Waals surface area contributed by atoms with Crippen LogP contribution >= 0.6 is 0 Å². The Balaban J connectivity index is 2.21. The van der Waals surface area contributed by atoms with E-state index in [4.69, 9.17) is 5.73 Å². The summed E-state index contributed by atoms with van der Waals surface area (Å²) < 4.78 is 0. The molecule has 0 radical (unpaired) electrons. The largest absolute Gasteiger partial charge is 0.356 e. The number of carbonyl (C=O) groups excluding carboxylic acids is 1. The van der Waals surface area contributed by atoms with Crippen LogP contribution in [-0.4, -0.2) is 19.0 Å². The highest BCUT2D eigenvalue weighted by atomic mass is 16.1. The molecule has 0 spiro atoms.